The Labute approximate surface area is 122 Å². The molecule has 2 rings (SSSR count). The highest BCUT2D eigenvalue weighted by molar-refractivity contribution is 6.34. The summed E-state index contributed by atoms with van der Waals surface area (Å²) in [5.74, 6) is 0.804. The van der Waals surface area contributed by atoms with Crippen molar-refractivity contribution in [3.05, 3.63) is 57.8 Å². The number of rotatable bonds is 5. The third-order valence-electron chi connectivity index (χ3n) is 2.57. The molecule has 0 bridgehead atoms. The van der Waals surface area contributed by atoms with Crippen LogP contribution in [0.25, 0.3) is 0 Å². The van der Waals surface area contributed by atoms with E-state index in [0.717, 1.165) is 17.9 Å². The molecule has 0 unspecified atom stereocenters. The molecule has 19 heavy (non-hydrogen) atoms. The topological polar surface area (TPSA) is 34.1 Å². The number of aromatic nitrogens is 1. The van der Waals surface area contributed by atoms with Crippen LogP contribution in [-0.4, -0.2) is 12.0 Å². The average Bonchev–Trinajstić information content (AvgIpc) is 2.38. The molecule has 0 spiro atoms. The lowest BCUT2D eigenvalue weighted by Crippen LogP contribution is -2.05. The molecule has 3 nitrogen and oxygen atoms in total. The molecular weight excluding hydrogens is 283 g/mol. The molecule has 1 aromatic carbocycles. The molecule has 0 fully saturated rings. The van der Waals surface area contributed by atoms with E-state index in [4.69, 9.17) is 27.9 Å². The number of nitrogens with zero attached hydrogens (tertiary/aromatic N) is 1. The maximum Gasteiger partial charge on any atom is 0.130 e. The van der Waals surface area contributed by atoms with Crippen molar-refractivity contribution in [1.82, 2.24) is 10.3 Å². The van der Waals surface area contributed by atoms with E-state index in [1.165, 1.54) is 5.56 Å². The Morgan fingerprint density at radius 2 is 2.11 bits per heavy atom. The van der Waals surface area contributed by atoms with Crippen LogP contribution in [-0.2, 0) is 13.2 Å². The predicted molar refractivity (Wildman–Crippen MR) is 77.8 cm³/mol. The summed E-state index contributed by atoms with van der Waals surface area (Å²) in [6, 6.07) is 9.52. The van der Waals surface area contributed by atoms with E-state index in [-0.39, 0.29) is 0 Å². The average molecular weight is 297 g/mol. The molecule has 2 aromatic rings. The molecule has 0 saturated carbocycles. The zero-order valence-corrected chi connectivity index (χ0v) is 12.0. The highest BCUT2D eigenvalue weighted by atomic mass is 35.5. The van der Waals surface area contributed by atoms with Gasteiger partial charge in [0.15, 0.2) is 0 Å². The summed E-state index contributed by atoms with van der Waals surface area (Å²) in [4.78, 5) is 3.99. The highest BCUT2D eigenvalue weighted by Gasteiger charge is 2.04. The zero-order chi connectivity index (χ0) is 13.7. The van der Waals surface area contributed by atoms with Gasteiger partial charge in [-0.3, -0.25) is 0 Å². The summed E-state index contributed by atoms with van der Waals surface area (Å²) in [6.07, 6.45) is 1.63. The van der Waals surface area contributed by atoms with Crippen LogP contribution >= 0.6 is 23.2 Å². The molecule has 0 aliphatic carbocycles. The molecule has 0 aliphatic rings. The van der Waals surface area contributed by atoms with Gasteiger partial charge in [-0.25, -0.2) is 4.98 Å². The number of halogens is 2. The second-order valence-corrected chi connectivity index (χ2v) is 4.86. The fourth-order valence-electron chi connectivity index (χ4n) is 1.65. The fraction of sp³-hybridized carbons (Fsp3) is 0.214. The summed E-state index contributed by atoms with van der Waals surface area (Å²) >= 11 is 11.8. The van der Waals surface area contributed by atoms with Crippen LogP contribution < -0.4 is 10.1 Å². The molecule has 5 heteroatoms. The van der Waals surface area contributed by atoms with Gasteiger partial charge in [0.2, 0.25) is 0 Å². The summed E-state index contributed by atoms with van der Waals surface area (Å²) < 4.78 is 5.70. The number of hydrogen-bond donors (Lipinski definition) is 1. The summed E-state index contributed by atoms with van der Waals surface area (Å²) in [5, 5.41) is 4.04. The van der Waals surface area contributed by atoms with Crippen LogP contribution in [0.2, 0.25) is 10.2 Å². The van der Waals surface area contributed by atoms with Gasteiger partial charge in [-0.1, -0.05) is 35.3 Å². The van der Waals surface area contributed by atoms with E-state index in [9.17, 15) is 0 Å². The van der Waals surface area contributed by atoms with Gasteiger partial charge in [0.1, 0.15) is 17.5 Å². The first kappa shape index (κ1) is 14.1. The molecular formula is C14H14Cl2N2O. The quantitative estimate of drug-likeness (QED) is 0.855. The highest BCUT2D eigenvalue weighted by Crippen LogP contribution is 2.21. The summed E-state index contributed by atoms with van der Waals surface area (Å²) in [7, 11) is 1.91. The van der Waals surface area contributed by atoms with Crippen molar-refractivity contribution in [2.75, 3.05) is 7.05 Å². The maximum absolute atomic E-state index is 6.06. The van der Waals surface area contributed by atoms with Crippen LogP contribution in [0.4, 0.5) is 0 Å². The first-order chi connectivity index (χ1) is 9.19. The van der Waals surface area contributed by atoms with Crippen LogP contribution in [0.5, 0.6) is 5.75 Å². The lowest BCUT2D eigenvalue weighted by molar-refractivity contribution is 0.305. The summed E-state index contributed by atoms with van der Waals surface area (Å²) in [5.41, 5.74) is 1.98. The lowest BCUT2D eigenvalue weighted by Gasteiger charge is -2.09. The second kappa shape index (κ2) is 6.75. The van der Waals surface area contributed by atoms with Gasteiger partial charge >= 0.3 is 0 Å². The van der Waals surface area contributed by atoms with Crippen molar-refractivity contribution in [3.8, 4) is 5.75 Å². The van der Waals surface area contributed by atoms with Crippen LogP contribution in [0.1, 0.15) is 11.1 Å². The standard InChI is InChI=1S/C14H14Cl2N2O/c1-17-7-10-3-2-4-12(5-10)19-9-11-8-18-14(16)6-13(11)15/h2-6,8,17H,7,9H2,1H3. The molecule has 0 atom stereocenters. The van der Waals surface area contributed by atoms with E-state index in [2.05, 4.69) is 10.3 Å². The van der Waals surface area contributed by atoms with Crippen molar-refractivity contribution >= 4 is 23.2 Å². The van der Waals surface area contributed by atoms with Crippen molar-refractivity contribution in [2.45, 2.75) is 13.2 Å². The largest absolute Gasteiger partial charge is 0.489 e. The Hall–Kier alpha value is -1.29. The SMILES string of the molecule is CNCc1cccc(OCc2cnc(Cl)cc2Cl)c1. The molecule has 0 radical (unpaired) electrons. The van der Waals surface area contributed by atoms with Gasteiger partial charge < -0.3 is 10.1 Å². The van der Waals surface area contributed by atoms with Crippen molar-refractivity contribution in [1.29, 1.82) is 0 Å². The van der Waals surface area contributed by atoms with Crippen molar-refractivity contribution in [2.24, 2.45) is 0 Å². The predicted octanol–water partition coefficient (Wildman–Crippen LogP) is 3.69. The van der Waals surface area contributed by atoms with E-state index < -0.39 is 0 Å². The number of ether oxygens (including phenoxy) is 1. The van der Waals surface area contributed by atoms with Crippen LogP contribution in [0.3, 0.4) is 0 Å². The Bertz CT molecular complexity index is 561. The molecule has 1 heterocycles. The van der Waals surface area contributed by atoms with E-state index >= 15 is 0 Å². The molecule has 0 saturated heterocycles. The lowest BCUT2D eigenvalue weighted by atomic mass is 10.2. The van der Waals surface area contributed by atoms with Gasteiger partial charge in [-0.2, -0.15) is 0 Å². The molecule has 1 N–H and O–H groups in total. The molecule has 0 aliphatic heterocycles. The van der Waals surface area contributed by atoms with Crippen LogP contribution in [0, 0.1) is 0 Å². The molecule has 1 aromatic heterocycles. The van der Waals surface area contributed by atoms with Crippen LogP contribution in [0.15, 0.2) is 36.5 Å². The molecule has 100 valence electrons. The Kier molecular flexibility index (Phi) is 5.02. The number of nitrogens with one attached hydrogen (secondary N) is 1. The van der Waals surface area contributed by atoms with E-state index in [1.54, 1.807) is 12.3 Å². The van der Waals surface area contributed by atoms with Gasteiger partial charge in [0.05, 0.1) is 5.02 Å². The molecule has 0 amide bonds. The van der Waals surface area contributed by atoms with Gasteiger partial charge in [-0.15, -0.1) is 0 Å². The van der Waals surface area contributed by atoms with E-state index in [1.807, 2.05) is 31.3 Å². The monoisotopic (exact) mass is 296 g/mol. The van der Waals surface area contributed by atoms with Gasteiger partial charge in [0.25, 0.3) is 0 Å². The van der Waals surface area contributed by atoms with Gasteiger partial charge in [-0.05, 0) is 30.8 Å². The minimum Gasteiger partial charge on any atom is -0.489 e. The third kappa shape index (κ3) is 4.10. The van der Waals surface area contributed by atoms with Crippen molar-refractivity contribution < 1.29 is 4.74 Å². The number of benzene rings is 1. The zero-order valence-electron chi connectivity index (χ0n) is 10.5. The Morgan fingerprint density at radius 1 is 1.26 bits per heavy atom. The maximum atomic E-state index is 6.06. The van der Waals surface area contributed by atoms with E-state index in [0.29, 0.717) is 16.8 Å². The minimum atomic E-state index is 0.367. The second-order valence-electron chi connectivity index (χ2n) is 4.06. The first-order valence-electron chi connectivity index (χ1n) is 5.85. The van der Waals surface area contributed by atoms with Gasteiger partial charge in [0, 0.05) is 18.3 Å². The summed E-state index contributed by atoms with van der Waals surface area (Å²) in [6.45, 7) is 1.17. The third-order valence-corrected chi connectivity index (χ3v) is 3.13. The smallest absolute Gasteiger partial charge is 0.130 e. The number of hydrogen-bond acceptors (Lipinski definition) is 3. The minimum absolute atomic E-state index is 0.367. The fourth-order valence-corrected chi connectivity index (χ4v) is 2.07. The number of pyridine rings is 1. The van der Waals surface area contributed by atoms with Crippen molar-refractivity contribution in [3.63, 3.8) is 0 Å². The first-order valence-corrected chi connectivity index (χ1v) is 6.61. The normalized spacial score (nSPS) is 10.5. The Morgan fingerprint density at radius 3 is 2.84 bits per heavy atom. The Balaban J connectivity index is 2.03.